The summed E-state index contributed by atoms with van der Waals surface area (Å²) < 4.78 is 30.9. The van der Waals surface area contributed by atoms with E-state index in [1.54, 1.807) is 0 Å². The van der Waals surface area contributed by atoms with Crippen molar-refractivity contribution in [1.82, 2.24) is 5.32 Å². The topological polar surface area (TPSA) is 111 Å². The van der Waals surface area contributed by atoms with Crippen molar-refractivity contribution in [3.63, 3.8) is 0 Å². The van der Waals surface area contributed by atoms with Gasteiger partial charge < -0.3 is 19.4 Å². The van der Waals surface area contributed by atoms with Gasteiger partial charge in [-0.1, -0.05) is 328 Å². The number of likely N-dealkylation sites (N-methyl/N-ethyl adjacent to an activating group) is 1. The quantitative estimate of drug-likeness (QED) is 0.0205. The molecule has 0 saturated carbocycles. The van der Waals surface area contributed by atoms with E-state index in [4.69, 9.17) is 13.8 Å². The molecule has 0 fully saturated rings. The molecule has 1 amide bonds. The number of ether oxygens (including phenoxy) is 1. The summed E-state index contributed by atoms with van der Waals surface area (Å²) in [5.74, 6) is -0.510. The molecule has 0 rings (SSSR count). The van der Waals surface area contributed by atoms with Crippen LogP contribution in [-0.2, 0) is 27.9 Å². The van der Waals surface area contributed by atoms with Crippen LogP contribution in [0.4, 0.5) is 0 Å². The Hall–Kier alpha value is -3.85. The van der Waals surface area contributed by atoms with Gasteiger partial charge in [0.25, 0.3) is 0 Å². The molecule has 0 saturated heterocycles. The maximum absolute atomic E-state index is 13.7. The van der Waals surface area contributed by atoms with Gasteiger partial charge in [-0.2, -0.15) is 0 Å². The molecule has 0 bridgehead atoms. The normalized spacial score (nSPS) is 14.2. The number of nitrogens with one attached hydrogen (secondary N) is 1. The third-order valence-corrected chi connectivity index (χ3v) is 17.6. The van der Waals surface area contributed by atoms with Gasteiger partial charge in [-0.15, -0.1) is 0 Å². The third kappa shape index (κ3) is 72.3. The second kappa shape index (κ2) is 70.9. The first-order valence-corrected chi connectivity index (χ1v) is 40.0. The molecule has 0 aliphatic heterocycles. The molecule has 0 aromatic rings. The zero-order valence-electron chi connectivity index (χ0n) is 61.2. The summed E-state index contributed by atoms with van der Waals surface area (Å²) in [7, 11) is 1.48. The fraction of sp³-hybridized carbons (Fsp3) is 0.711. The van der Waals surface area contributed by atoms with E-state index in [0.717, 1.165) is 135 Å². The summed E-state index contributed by atoms with van der Waals surface area (Å²) in [5, 5.41) is 3.08. The van der Waals surface area contributed by atoms with Crippen LogP contribution in [0.25, 0.3) is 0 Å². The van der Waals surface area contributed by atoms with Crippen LogP contribution in [0, 0.1) is 0 Å². The number of carbonyl (C=O) groups excluding carboxylic acids is 2. The molecular formula is C83H146N2O7P+. The van der Waals surface area contributed by atoms with E-state index in [2.05, 4.69) is 148 Å². The van der Waals surface area contributed by atoms with E-state index in [1.807, 2.05) is 33.3 Å². The van der Waals surface area contributed by atoms with Gasteiger partial charge in [0.05, 0.1) is 33.8 Å². The predicted molar refractivity (Wildman–Crippen MR) is 406 cm³/mol. The Morgan fingerprint density at radius 2 is 0.688 bits per heavy atom. The van der Waals surface area contributed by atoms with E-state index >= 15 is 0 Å². The van der Waals surface area contributed by atoms with Crippen LogP contribution in [0.3, 0.4) is 0 Å². The zero-order chi connectivity index (χ0) is 67.8. The summed E-state index contributed by atoms with van der Waals surface area (Å²) in [6.07, 6.45) is 102. The van der Waals surface area contributed by atoms with Gasteiger partial charge >= 0.3 is 13.8 Å². The Bertz CT molecular complexity index is 2050. The molecule has 0 heterocycles. The number of phosphoric acid groups is 1. The molecule has 0 aliphatic rings. The van der Waals surface area contributed by atoms with Gasteiger partial charge in [0.2, 0.25) is 5.91 Å². The lowest BCUT2D eigenvalue weighted by atomic mass is 10.0. The van der Waals surface area contributed by atoms with Crippen LogP contribution < -0.4 is 5.32 Å². The van der Waals surface area contributed by atoms with E-state index in [0.29, 0.717) is 17.4 Å². The first-order chi connectivity index (χ1) is 45.4. The Morgan fingerprint density at radius 3 is 1.03 bits per heavy atom. The molecule has 93 heavy (non-hydrogen) atoms. The van der Waals surface area contributed by atoms with Crippen LogP contribution in [0.15, 0.2) is 134 Å². The van der Waals surface area contributed by atoms with Crippen molar-refractivity contribution in [3.05, 3.63) is 134 Å². The molecule has 0 aromatic heterocycles. The predicted octanol–water partition coefficient (Wildman–Crippen LogP) is 25.1. The Morgan fingerprint density at radius 1 is 0.387 bits per heavy atom. The lowest BCUT2D eigenvalue weighted by Gasteiger charge is -2.27. The number of rotatable bonds is 69. The first kappa shape index (κ1) is 89.2. The fourth-order valence-electron chi connectivity index (χ4n) is 10.8. The summed E-state index contributed by atoms with van der Waals surface area (Å²) in [6, 6.07) is -0.862. The number of phosphoric ester groups is 1. The van der Waals surface area contributed by atoms with E-state index in [9.17, 15) is 19.0 Å². The number of allylic oxidation sites excluding steroid dienone is 21. The molecule has 534 valence electrons. The molecule has 0 aliphatic carbocycles. The number of carbonyl (C=O) groups is 2. The molecule has 10 heteroatoms. The molecule has 2 N–H and O–H groups in total. The first-order valence-electron chi connectivity index (χ1n) is 38.5. The van der Waals surface area contributed by atoms with E-state index in [-0.39, 0.29) is 31.5 Å². The van der Waals surface area contributed by atoms with Gasteiger partial charge in [-0.3, -0.25) is 18.6 Å². The summed E-state index contributed by atoms with van der Waals surface area (Å²) in [5.41, 5.74) is 0. The van der Waals surface area contributed by atoms with Crippen molar-refractivity contribution in [3.8, 4) is 0 Å². The maximum Gasteiger partial charge on any atom is 0.472 e. The lowest BCUT2D eigenvalue weighted by molar-refractivity contribution is -0.870. The minimum Gasteiger partial charge on any atom is -0.456 e. The highest BCUT2D eigenvalue weighted by molar-refractivity contribution is 7.47. The van der Waals surface area contributed by atoms with Crippen molar-refractivity contribution in [2.24, 2.45) is 0 Å². The van der Waals surface area contributed by atoms with Crippen molar-refractivity contribution in [1.29, 1.82) is 0 Å². The van der Waals surface area contributed by atoms with Crippen molar-refractivity contribution in [2.45, 2.75) is 341 Å². The molecule has 0 aromatic carbocycles. The van der Waals surface area contributed by atoms with Gasteiger partial charge in [-0.25, -0.2) is 4.57 Å². The molecule has 0 spiro atoms. The van der Waals surface area contributed by atoms with Crippen LogP contribution in [-0.4, -0.2) is 74.3 Å². The minimum atomic E-state index is -4.47. The third-order valence-electron chi connectivity index (χ3n) is 16.6. The maximum atomic E-state index is 13.7. The van der Waals surface area contributed by atoms with Crippen LogP contribution in [0.5, 0.6) is 0 Å². The van der Waals surface area contributed by atoms with E-state index < -0.39 is 20.0 Å². The highest BCUT2D eigenvalue weighted by atomic mass is 31.2. The Kier molecular flexibility index (Phi) is 68.0. The fourth-order valence-corrected chi connectivity index (χ4v) is 11.5. The van der Waals surface area contributed by atoms with Gasteiger partial charge in [0.15, 0.2) is 0 Å². The molecule has 0 radical (unpaired) electrons. The van der Waals surface area contributed by atoms with Gasteiger partial charge in [0, 0.05) is 12.8 Å². The summed E-state index contributed by atoms with van der Waals surface area (Å²) in [6.45, 7) is 6.81. The molecule has 9 nitrogen and oxygen atoms in total. The summed E-state index contributed by atoms with van der Waals surface area (Å²) >= 11 is 0. The number of nitrogens with zero attached hydrogens (tertiary/aromatic N) is 1. The van der Waals surface area contributed by atoms with Crippen LogP contribution in [0.2, 0.25) is 0 Å². The Balaban J connectivity index is 5.03. The lowest BCUT2D eigenvalue weighted by Crippen LogP contribution is -2.47. The zero-order valence-corrected chi connectivity index (χ0v) is 62.1. The smallest absolute Gasteiger partial charge is 0.456 e. The number of hydrogen-bond acceptors (Lipinski definition) is 6. The van der Waals surface area contributed by atoms with Gasteiger partial charge in [0.1, 0.15) is 19.3 Å². The molecular weight excluding hydrogens is 1170 g/mol. The standard InChI is InChI=1S/C83H145N2O7P/c1-7-10-13-16-19-22-25-28-30-32-34-36-38-40-42-44-46-48-50-52-54-57-60-63-66-69-72-75-82(86)84-80(79-91-93(88,89)90-78-77-85(4,5)6)81(74-71-68-65-62-59-56-27-24-21-18-15-12-9-3)92-83(87)76-73-70-67-64-61-58-55-53-51-49-47-45-43-41-39-37-35-33-31-29-26-23-20-17-14-11-8-2/h10-11,13-14,19-20,22-23,28-31,34-37,40-43,71,74,80-81H,7-9,12,15-18,21,24-27,32-33,38-39,44-70,72-73,75-79H2,1-6H3,(H-,84,86,88,89)/p+1/b13-10-,14-11-,22-19-,23-20-,30-28-,31-29-,36-34-,37-35-,42-40-,43-41-,74-71+. The van der Waals surface area contributed by atoms with Gasteiger partial charge in [-0.05, 0) is 122 Å². The summed E-state index contributed by atoms with van der Waals surface area (Å²) in [4.78, 5) is 38.1. The highest BCUT2D eigenvalue weighted by Gasteiger charge is 2.30. The number of amides is 1. The number of hydrogen-bond donors (Lipinski definition) is 2. The van der Waals surface area contributed by atoms with Crippen LogP contribution >= 0.6 is 7.82 Å². The van der Waals surface area contributed by atoms with Crippen molar-refractivity contribution in [2.75, 3.05) is 40.9 Å². The van der Waals surface area contributed by atoms with Crippen molar-refractivity contribution < 1.29 is 37.3 Å². The Labute approximate surface area is 575 Å². The average molecular weight is 1320 g/mol. The second-order valence-corrected chi connectivity index (χ2v) is 28.2. The average Bonchev–Trinajstić information content (AvgIpc) is 2.31. The SMILES string of the molecule is CC/C=C\C/C=C\C/C=C\C/C=C\C/C=C\CCCCCCCCCCCCCC(=O)NC(COP(=O)(O)OCC[N+](C)(C)C)C(/C=C/CCCCCCCCCCCCC)OC(=O)CCCCCCCCCCCCC/C=C\C/C=C\C/C=C\C/C=C\C/C=C\CC. The van der Waals surface area contributed by atoms with E-state index in [1.165, 1.54) is 161 Å². The highest BCUT2D eigenvalue weighted by Crippen LogP contribution is 2.43. The second-order valence-electron chi connectivity index (χ2n) is 26.8. The molecule has 3 unspecified atom stereocenters. The van der Waals surface area contributed by atoms with Crippen LogP contribution in [0.1, 0.15) is 329 Å². The number of esters is 1. The molecule has 3 atom stereocenters. The minimum absolute atomic E-state index is 0.0338. The monoisotopic (exact) mass is 1310 g/mol. The number of unbranched alkanes of at least 4 members (excludes halogenated alkanes) is 33. The van der Waals surface area contributed by atoms with Crippen molar-refractivity contribution >= 4 is 19.7 Å². The number of quaternary nitrogens is 1. The largest absolute Gasteiger partial charge is 0.472 e.